The number of amides is 2. The van der Waals surface area contributed by atoms with Crippen molar-refractivity contribution in [3.8, 4) is 6.07 Å². The van der Waals surface area contributed by atoms with Crippen molar-refractivity contribution >= 4 is 57.8 Å². The third kappa shape index (κ3) is 5.06. The molecule has 0 bridgehead atoms. The molecule has 1 aliphatic heterocycles. The number of hydrogen-bond acceptors (Lipinski definition) is 4. The molecule has 2 amide bonds. The average molecular weight is 554 g/mol. The quantitative estimate of drug-likeness (QED) is 0.335. The zero-order valence-electron chi connectivity index (χ0n) is 16.5. The van der Waals surface area contributed by atoms with E-state index in [-0.39, 0.29) is 24.5 Å². The average Bonchev–Trinajstić information content (AvgIpc) is 3.03. The van der Waals surface area contributed by atoms with E-state index in [0.29, 0.717) is 16.8 Å². The molecule has 2 aromatic carbocycles. The van der Waals surface area contributed by atoms with Gasteiger partial charge in [-0.05, 0) is 83.1 Å². The van der Waals surface area contributed by atoms with Crippen LogP contribution in [0.3, 0.4) is 0 Å². The molecule has 31 heavy (non-hydrogen) atoms. The summed E-state index contributed by atoms with van der Waals surface area (Å²) in [5.74, 6) is -2.14. The van der Waals surface area contributed by atoms with Crippen LogP contribution in [0.1, 0.15) is 24.5 Å². The summed E-state index contributed by atoms with van der Waals surface area (Å²) in [6, 6.07) is 11.1. The van der Waals surface area contributed by atoms with Crippen LogP contribution in [0.5, 0.6) is 0 Å². The van der Waals surface area contributed by atoms with Gasteiger partial charge in [-0.15, -0.1) is 0 Å². The number of halogens is 3. The molecule has 1 fully saturated rings. The van der Waals surface area contributed by atoms with Crippen LogP contribution in [0.2, 0.25) is 5.02 Å². The number of allylic oxidation sites excluding steroid dienone is 1. The van der Waals surface area contributed by atoms with Crippen LogP contribution in [-0.2, 0) is 16.1 Å². The van der Waals surface area contributed by atoms with Crippen LogP contribution in [-0.4, -0.2) is 29.1 Å². The summed E-state index contributed by atoms with van der Waals surface area (Å²) in [6.07, 6.45) is 1.62. The van der Waals surface area contributed by atoms with Crippen molar-refractivity contribution in [2.24, 2.45) is 0 Å². The van der Waals surface area contributed by atoms with Crippen LogP contribution < -0.4 is 10.2 Å². The SMILES string of the molecule is C/C(C#N)=C\c1cc(N2CC[C@](O)(C(=O)NCc3cc(F)cc(Cl)c3)C2=O)ccc1I. The zero-order chi connectivity index (χ0) is 22.8. The van der Waals surface area contributed by atoms with Crippen molar-refractivity contribution in [3.63, 3.8) is 0 Å². The zero-order valence-corrected chi connectivity index (χ0v) is 19.4. The molecule has 0 radical (unpaired) electrons. The highest BCUT2D eigenvalue weighted by molar-refractivity contribution is 14.1. The maximum absolute atomic E-state index is 13.5. The first-order valence-electron chi connectivity index (χ1n) is 9.29. The highest BCUT2D eigenvalue weighted by Crippen LogP contribution is 2.31. The lowest BCUT2D eigenvalue weighted by atomic mass is 10.0. The molecule has 0 aliphatic carbocycles. The van der Waals surface area contributed by atoms with E-state index >= 15 is 0 Å². The lowest BCUT2D eigenvalue weighted by molar-refractivity contribution is -0.149. The van der Waals surface area contributed by atoms with E-state index in [9.17, 15) is 19.1 Å². The minimum atomic E-state index is -2.22. The summed E-state index contributed by atoms with van der Waals surface area (Å²) in [4.78, 5) is 26.9. The van der Waals surface area contributed by atoms with Gasteiger partial charge in [0, 0.05) is 39.4 Å². The topological polar surface area (TPSA) is 93.4 Å². The Bertz CT molecular complexity index is 1110. The molecule has 9 heteroatoms. The highest BCUT2D eigenvalue weighted by Gasteiger charge is 2.51. The van der Waals surface area contributed by atoms with Gasteiger partial charge in [-0.2, -0.15) is 5.26 Å². The van der Waals surface area contributed by atoms with Crippen LogP contribution in [0.15, 0.2) is 42.0 Å². The summed E-state index contributed by atoms with van der Waals surface area (Å²) >= 11 is 7.94. The smallest absolute Gasteiger partial charge is 0.268 e. The largest absolute Gasteiger partial charge is 0.372 e. The second-order valence-corrected chi connectivity index (χ2v) is 8.77. The normalized spacial score (nSPS) is 18.8. The molecule has 160 valence electrons. The number of hydrogen-bond donors (Lipinski definition) is 2. The fraction of sp³-hybridized carbons (Fsp3) is 0.227. The first-order valence-corrected chi connectivity index (χ1v) is 10.8. The predicted octanol–water partition coefficient (Wildman–Crippen LogP) is 3.79. The maximum atomic E-state index is 13.5. The van der Waals surface area contributed by atoms with Crippen molar-refractivity contribution < 1.29 is 19.1 Å². The molecule has 2 aromatic rings. The van der Waals surface area contributed by atoms with Gasteiger partial charge >= 0.3 is 0 Å². The standard InChI is InChI=1S/C22H18ClFIN3O3/c1-13(11-26)6-15-9-18(2-3-19(15)25)28-5-4-22(31,21(28)30)20(29)27-12-14-7-16(23)10-17(24)8-14/h2-3,6-10,31H,4-5,12H2,1H3,(H,27,29)/b13-6+/t22-/m0/s1. The van der Waals surface area contributed by atoms with E-state index in [1.165, 1.54) is 17.0 Å². The second kappa shape index (κ2) is 9.34. The molecule has 1 heterocycles. The van der Waals surface area contributed by atoms with Crippen molar-refractivity contribution in [2.45, 2.75) is 25.5 Å². The fourth-order valence-corrected chi connectivity index (χ4v) is 4.01. The van der Waals surface area contributed by atoms with E-state index in [2.05, 4.69) is 34.0 Å². The van der Waals surface area contributed by atoms with E-state index < -0.39 is 23.2 Å². The molecule has 1 saturated heterocycles. The molecule has 6 nitrogen and oxygen atoms in total. The van der Waals surface area contributed by atoms with Gasteiger partial charge in [0.15, 0.2) is 0 Å². The number of benzene rings is 2. The Morgan fingerprint density at radius 1 is 1.42 bits per heavy atom. The number of rotatable bonds is 5. The third-order valence-electron chi connectivity index (χ3n) is 4.89. The Balaban J connectivity index is 1.77. The molecule has 3 rings (SSSR count). The Morgan fingerprint density at radius 2 is 2.16 bits per heavy atom. The van der Waals surface area contributed by atoms with Crippen molar-refractivity contribution in [1.82, 2.24) is 5.32 Å². The minimum absolute atomic E-state index is 0.0855. The summed E-state index contributed by atoms with van der Waals surface area (Å²) in [6.45, 7) is 1.74. The molecule has 2 N–H and O–H groups in total. The third-order valence-corrected chi connectivity index (χ3v) is 6.09. The van der Waals surface area contributed by atoms with Gasteiger partial charge in [-0.3, -0.25) is 9.59 Å². The highest BCUT2D eigenvalue weighted by atomic mass is 127. The van der Waals surface area contributed by atoms with Crippen molar-refractivity contribution in [1.29, 1.82) is 5.26 Å². The molecular weight excluding hydrogens is 536 g/mol. The Labute approximate surface area is 197 Å². The second-order valence-electron chi connectivity index (χ2n) is 7.17. The first-order chi connectivity index (χ1) is 14.6. The van der Waals surface area contributed by atoms with Gasteiger partial charge in [-0.25, -0.2) is 4.39 Å². The van der Waals surface area contributed by atoms with Gasteiger partial charge in [0.1, 0.15) is 5.82 Å². The van der Waals surface area contributed by atoms with Gasteiger partial charge < -0.3 is 15.3 Å². The lowest BCUT2D eigenvalue weighted by Crippen LogP contribution is -2.52. The number of carbonyl (C=O) groups is 2. The fourth-order valence-electron chi connectivity index (χ4n) is 3.28. The van der Waals surface area contributed by atoms with E-state index in [1.807, 2.05) is 0 Å². The molecule has 1 atom stereocenters. The van der Waals surface area contributed by atoms with Crippen LogP contribution in [0, 0.1) is 20.7 Å². The Kier molecular flexibility index (Phi) is 6.99. The van der Waals surface area contributed by atoms with Gasteiger partial charge in [0.2, 0.25) is 5.60 Å². The number of nitrogens with zero attached hydrogens (tertiary/aromatic N) is 2. The number of anilines is 1. The molecule has 0 spiro atoms. The van der Waals surface area contributed by atoms with E-state index in [0.717, 1.165) is 15.2 Å². The van der Waals surface area contributed by atoms with Crippen LogP contribution >= 0.6 is 34.2 Å². The molecule has 0 unspecified atom stereocenters. The maximum Gasteiger partial charge on any atom is 0.268 e. The molecule has 1 aliphatic rings. The summed E-state index contributed by atoms with van der Waals surface area (Å²) < 4.78 is 14.4. The molecule has 0 aromatic heterocycles. The van der Waals surface area contributed by atoms with E-state index in [1.54, 1.807) is 31.2 Å². The van der Waals surface area contributed by atoms with Gasteiger partial charge in [0.05, 0.1) is 6.07 Å². The lowest BCUT2D eigenvalue weighted by Gasteiger charge is -2.22. The Hall–Kier alpha value is -2.48. The summed E-state index contributed by atoms with van der Waals surface area (Å²) in [7, 11) is 0. The van der Waals surface area contributed by atoms with Crippen molar-refractivity contribution in [3.05, 3.63) is 67.5 Å². The Morgan fingerprint density at radius 3 is 2.84 bits per heavy atom. The monoisotopic (exact) mass is 553 g/mol. The molecule has 0 saturated carbocycles. The number of aliphatic hydroxyl groups is 1. The van der Waals surface area contributed by atoms with Gasteiger partial charge in [-0.1, -0.05) is 11.6 Å². The minimum Gasteiger partial charge on any atom is -0.372 e. The molecular formula is C22H18ClFIN3O3. The van der Waals surface area contributed by atoms with Crippen LogP contribution in [0.25, 0.3) is 6.08 Å². The predicted molar refractivity (Wildman–Crippen MR) is 124 cm³/mol. The number of carbonyl (C=O) groups excluding carboxylic acids is 2. The summed E-state index contributed by atoms with van der Waals surface area (Å²) in [5, 5.41) is 22.5. The van der Waals surface area contributed by atoms with E-state index in [4.69, 9.17) is 16.9 Å². The van der Waals surface area contributed by atoms with Gasteiger partial charge in [0.25, 0.3) is 11.8 Å². The summed E-state index contributed by atoms with van der Waals surface area (Å²) in [5.41, 5.74) is -0.0307. The van der Waals surface area contributed by atoms with Crippen molar-refractivity contribution in [2.75, 3.05) is 11.4 Å². The first kappa shape index (κ1) is 23.2. The number of nitrogens with one attached hydrogen (secondary N) is 1. The van der Waals surface area contributed by atoms with Crippen LogP contribution in [0.4, 0.5) is 10.1 Å². The number of nitriles is 1.